The van der Waals surface area contributed by atoms with E-state index in [-0.39, 0.29) is 0 Å². The number of hydrogen-bond acceptors (Lipinski definition) is 5. The van der Waals surface area contributed by atoms with E-state index in [1.54, 1.807) is 7.11 Å². The Labute approximate surface area is 135 Å². The van der Waals surface area contributed by atoms with Crippen LogP contribution in [0.2, 0.25) is 0 Å². The zero-order valence-electron chi connectivity index (χ0n) is 13.1. The Morgan fingerprint density at radius 1 is 1.13 bits per heavy atom. The van der Waals surface area contributed by atoms with Gasteiger partial charge in [0.05, 0.1) is 18.3 Å². The predicted molar refractivity (Wildman–Crippen MR) is 93.7 cm³/mol. The molecule has 0 saturated carbocycles. The molecule has 118 valence electrons. The minimum atomic E-state index is 0.673. The van der Waals surface area contributed by atoms with E-state index >= 15 is 0 Å². The third kappa shape index (κ3) is 3.57. The lowest BCUT2D eigenvalue weighted by molar-refractivity contribution is 0.415. The van der Waals surface area contributed by atoms with Crippen LogP contribution in [0.1, 0.15) is 6.42 Å². The van der Waals surface area contributed by atoms with Gasteiger partial charge >= 0.3 is 0 Å². The minimum absolute atomic E-state index is 0.673. The molecule has 3 N–H and O–H groups in total. The monoisotopic (exact) mass is 308 g/mol. The summed E-state index contributed by atoms with van der Waals surface area (Å²) in [5, 5.41) is 4.30. The van der Waals surface area contributed by atoms with Crippen LogP contribution in [0.5, 0.6) is 5.75 Å². The highest BCUT2D eigenvalue weighted by Gasteiger charge is 2.04. The number of nitrogens with one attached hydrogen (secondary N) is 1. The predicted octanol–water partition coefficient (Wildman–Crippen LogP) is 3.07. The average Bonchev–Trinajstić information content (AvgIpc) is 2.61. The standard InChI is InChI=1S/C18H20N4O/c1-23-15-6-3-13(4-7-15)16-11-17-14(12-21-16)5-8-18(22-17)20-10-2-9-19/h3-8,11-12H,2,9-10,19H2,1H3,(H,20,22). The molecule has 0 atom stereocenters. The molecule has 0 unspecified atom stereocenters. The second kappa shape index (κ2) is 7.07. The molecule has 2 heterocycles. The normalized spacial score (nSPS) is 10.7. The number of pyridine rings is 2. The van der Waals surface area contributed by atoms with Crippen LogP contribution in [-0.2, 0) is 0 Å². The summed E-state index contributed by atoms with van der Waals surface area (Å²) in [5.41, 5.74) is 8.36. The van der Waals surface area contributed by atoms with Crippen LogP contribution < -0.4 is 15.8 Å². The minimum Gasteiger partial charge on any atom is -0.497 e. The molecular formula is C18H20N4O. The van der Waals surface area contributed by atoms with Crippen molar-refractivity contribution in [2.24, 2.45) is 5.73 Å². The van der Waals surface area contributed by atoms with E-state index in [1.807, 2.05) is 48.7 Å². The molecule has 5 nitrogen and oxygen atoms in total. The van der Waals surface area contributed by atoms with Gasteiger partial charge in [0.2, 0.25) is 0 Å². The SMILES string of the molecule is COc1ccc(-c2cc3nc(NCCCN)ccc3cn2)cc1. The Morgan fingerprint density at radius 2 is 1.96 bits per heavy atom. The fourth-order valence-corrected chi connectivity index (χ4v) is 2.35. The zero-order chi connectivity index (χ0) is 16.1. The molecule has 0 fully saturated rings. The number of benzene rings is 1. The lowest BCUT2D eigenvalue weighted by atomic mass is 10.1. The van der Waals surface area contributed by atoms with E-state index in [2.05, 4.69) is 15.3 Å². The van der Waals surface area contributed by atoms with Gasteiger partial charge < -0.3 is 15.8 Å². The maximum Gasteiger partial charge on any atom is 0.126 e. The van der Waals surface area contributed by atoms with E-state index in [0.29, 0.717) is 6.54 Å². The average molecular weight is 308 g/mol. The van der Waals surface area contributed by atoms with Gasteiger partial charge in [0.15, 0.2) is 0 Å². The van der Waals surface area contributed by atoms with Gasteiger partial charge in [-0.1, -0.05) is 0 Å². The first kappa shape index (κ1) is 15.2. The van der Waals surface area contributed by atoms with Gasteiger partial charge in [0.25, 0.3) is 0 Å². The van der Waals surface area contributed by atoms with Crippen LogP contribution in [0.3, 0.4) is 0 Å². The van der Waals surface area contributed by atoms with Crippen LogP contribution >= 0.6 is 0 Å². The van der Waals surface area contributed by atoms with Gasteiger partial charge in [-0.05, 0) is 55.4 Å². The van der Waals surface area contributed by atoms with Crippen LogP contribution in [0, 0.1) is 0 Å². The Morgan fingerprint density at radius 3 is 2.70 bits per heavy atom. The second-order valence-corrected chi connectivity index (χ2v) is 5.26. The number of fused-ring (bicyclic) bond motifs is 1. The number of rotatable bonds is 6. The quantitative estimate of drug-likeness (QED) is 0.685. The smallest absolute Gasteiger partial charge is 0.126 e. The number of aromatic nitrogens is 2. The van der Waals surface area contributed by atoms with Gasteiger partial charge in [-0.15, -0.1) is 0 Å². The maximum atomic E-state index is 5.51. The first-order valence-corrected chi connectivity index (χ1v) is 7.65. The number of methoxy groups -OCH3 is 1. The molecule has 0 saturated heterocycles. The van der Waals surface area contributed by atoms with E-state index in [0.717, 1.165) is 46.7 Å². The second-order valence-electron chi connectivity index (χ2n) is 5.26. The van der Waals surface area contributed by atoms with E-state index in [4.69, 9.17) is 10.5 Å². The molecule has 3 aromatic rings. The first-order valence-electron chi connectivity index (χ1n) is 7.65. The van der Waals surface area contributed by atoms with Gasteiger partial charge in [0, 0.05) is 23.7 Å². The van der Waals surface area contributed by atoms with Gasteiger partial charge in [0.1, 0.15) is 11.6 Å². The van der Waals surface area contributed by atoms with Crippen molar-refractivity contribution in [1.29, 1.82) is 0 Å². The number of hydrogen-bond donors (Lipinski definition) is 2. The molecule has 23 heavy (non-hydrogen) atoms. The molecule has 5 heteroatoms. The van der Waals surface area contributed by atoms with Crippen molar-refractivity contribution in [2.75, 3.05) is 25.5 Å². The summed E-state index contributed by atoms with van der Waals surface area (Å²) in [6, 6.07) is 13.8. The van der Waals surface area contributed by atoms with Crippen LogP contribution in [-0.4, -0.2) is 30.2 Å². The third-order valence-corrected chi connectivity index (χ3v) is 3.65. The fraction of sp³-hybridized carbons (Fsp3) is 0.222. The highest BCUT2D eigenvalue weighted by Crippen LogP contribution is 2.24. The number of ether oxygens (including phenoxy) is 1. The van der Waals surface area contributed by atoms with Crippen molar-refractivity contribution in [1.82, 2.24) is 9.97 Å². The Kier molecular flexibility index (Phi) is 4.68. The van der Waals surface area contributed by atoms with E-state index < -0.39 is 0 Å². The van der Waals surface area contributed by atoms with Crippen molar-refractivity contribution in [3.05, 3.63) is 48.7 Å². The molecule has 0 aliphatic heterocycles. The maximum absolute atomic E-state index is 5.51. The molecule has 0 radical (unpaired) electrons. The fourth-order valence-electron chi connectivity index (χ4n) is 2.35. The summed E-state index contributed by atoms with van der Waals surface area (Å²) in [6.45, 7) is 1.50. The Bertz CT molecular complexity index is 787. The van der Waals surface area contributed by atoms with Crippen molar-refractivity contribution in [3.63, 3.8) is 0 Å². The zero-order valence-corrected chi connectivity index (χ0v) is 13.1. The molecule has 3 rings (SSSR count). The molecule has 0 bridgehead atoms. The lowest BCUT2D eigenvalue weighted by Gasteiger charge is -2.07. The van der Waals surface area contributed by atoms with Crippen molar-refractivity contribution in [3.8, 4) is 17.0 Å². The number of nitrogens with two attached hydrogens (primary N) is 1. The van der Waals surface area contributed by atoms with Gasteiger partial charge in [-0.3, -0.25) is 4.98 Å². The summed E-state index contributed by atoms with van der Waals surface area (Å²) >= 11 is 0. The topological polar surface area (TPSA) is 73.1 Å². The molecular weight excluding hydrogens is 288 g/mol. The van der Waals surface area contributed by atoms with E-state index in [9.17, 15) is 0 Å². The molecule has 0 aliphatic rings. The number of anilines is 1. The molecule has 2 aromatic heterocycles. The first-order chi connectivity index (χ1) is 11.3. The highest BCUT2D eigenvalue weighted by molar-refractivity contribution is 5.83. The summed E-state index contributed by atoms with van der Waals surface area (Å²) in [4.78, 5) is 9.17. The highest BCUT2D eigenvalue weighted by atomic mass is 16.5. The van der Waals surface area contributed by atoms with E-state index in [1.165, 1.54) is 0 Å². The Hall–Kier alpha value is -2.66. The summed E-state index contributed by atoms with van der Waals surface area (Å²) < 4.78 is 5.19. The largest absolute Gasteiger partial charge is 0.497 e. The van der Waals surface area contributed by atoms with Crippen LogP contribution in [0.4, 0.5) is 5.82 Å². The van der Waals surface area contributed by atoms with Gasteiger partial charge in [-0.25, -0.2) is 4.98 Å². The van der Waals surface area contributed by atoms with Crippen molar-refractivity contribution >= 4 is 16.7 Å². The molecule has 0 amide bonds. The lowest BCUT2D eigenvalue weighted by Crippen LogP contribution is -2.09. The molecule has 0 spiro atoms. The van der Waals surface area contributed by atoms with Gasteiger partial charge in [-0.2, -0.15) is 0 Å². The van der Waals surface area contributed by atoms with Crippen molar-refractivity contribution < 1.29 is 4.74 Å². The third-order valence-electron chi connectivity index (χ3n) is 3.65. The Balaban J connectivity index is 1.89. The van der Waals surface area contributed by atoms with Crippen LogP contribution in [0.15, 0.2) is 48.7 Å². The summed E-state index contributed by atoms with van der Waals surface area (Å²) in [6.07, 6.45) is 2.78. The molecule has 1 aromatic carbocycles. The van der Waals surface area contributed by atoms with Crippen molar-refractivity contribution in [2.45, 2.75) is 6.42 Å². The van der Waals surface area contributed by atoms with Crippen LogP contribution in [0.25, 0.3) is 22.2 Å². The summed E-state index contributed by atoms with van der Waals surface area (Å²) in [5.74, 6) is 1.69. The molecule has 0 aliphatic carbocycles. The summed E-state index contributed by atoms with van der Waals surface area (Å²) in [7, 11) is 1.66. The number of nitrogens with zero attached hydrogens (tertiary/aromatic N) is 2.